The Kier molecular flexibility index (Phi) is 2.41. The van der Waals surface area contributed by atoms with Crippen molar-refractivity contribution in [3.05, 3.63) is 187 Å². The highest BCUT2D eigenvalue weighted by atomic mass is 15.1. The number of para-hydroxylation sites is 5. The largest absolute Gasteiger partial charge is 0.309 e. The van der Waals surface area contributed by atoms with Crippen LogP contribution in [0.5, 0.6) is 0 Å². The molecule has 11 rings (SSSR count). The van der Waals surface area contributed by atoms with Gasteiger partial charge in [0.15, 0.2) is 0 Å². The van der Waals surface area contributed by atoms with E-state index in [1.54, 1.807) is 0 Å². The number of hydrogen-bond acceptors (Lipinski definition) is 0. The highest BCUT2D eigenvalue weighted by molar-refractivity contribution is 6.16. The van der Waals surface area contributed by atoms with E-state index in [1.165, 1.54) is 0 Å². The van der Waals surface area contributed by atoms with Crippen LogP contribution >= 0.6 is 0 Å². The molecule has 11 aromatic rings. The summed E-state index contributed by atoms with van der Waals surface area (Å²) in [5, 5.41) is -3.82. The Morgan fingerprint density at radius 3 is 1.39 bits per heavy atom. The van der Waals surface area contributed by atoms with Crippen LogP contribution in [-0.4, -0.2) is 13.7 Å². The van der Waals surface area contributed by atoms with E-state index in [4.69, 9.17) is 24.7 Å². The molecule has 0 bridgehead atoms. The summed E-state index contributed by atoms with van der Waals surface area (Å²) in [5.41, 5.74) is -9.04. The van der Waals surface area contributed by atoms with Gasteiger partial charge in [-0.1, -0.05) is 127 Å². The maximum Gasteiger partial charge on any atom is 0.0782 e. The average molecular weight is 681 g/mol. The third-order valence-corrected chi connectivity index (χ3v) is 8.40. The Labute approximate surface area is 338 Å². The van der Waals surface area contributed by atoms with E-state index in [9.17, 15) is 17.8 Å². The fraction of sp³-hybridized carbons (Fsp3) is 0. The van der Waals surface area contributed by atoms with Crippen molar-refractivity contribution < 1.29 is 42.5 Å². The first-order chi connectivity index (χ1) is 38.2. The van der Waals surface area contributed by atoms with Crippen LogP contribution in [0.4, 0.5) is 0 Å². The van der Waals surface area contributed by atoms with E-state index in [1.807, 2.05) is 0 Å². The number of rotatable bonds is 4. The summed E-state index contributed by atoms with van der Waals surface area (Å²) in [6, 6.07) is -30.6. The number of benzene rings is 8. The summed E-state index contributed by atoms with van der Waals surface area (Å²) < 4.78 is 284. The third kappa shape index (κ3) is 4.06. The first-order valence-corrected chi connectivity index (χ1v) is 15.0. The molecule has 238 valence electrons. The lowest BCUT2D eigenvalue weighted by Crippen LogP contribution is -2.01. The molecule has 0 saturated heterocycles. The predicted molar refractivity (Wildman–Crippen MR) is 215 cm³/mol. The number of fused-ring (bicyclic) bond motifs is 9. The number of aromatic nitrogens is 3. The Hall–Kier alpha value is -6.84. The standard InChI is InChI=1S/C48H31N3/c1-2-14-32(15-3-1)33-16-12-17-34(30-33)50-46-29-28-35(49-42-23-8-4-18-36(42)37-19-5-9-24-43(37)49)31-41(46)40-22-13-27-47(48(40)50)51-44-25-10-6-20-38(44)39-21-7-11-26-45(39)51/h1-31H/i1D,2D,3D,4D,5D,6D,7D,8D,9D,10D,11D,12D,13D,14D,15D,16D,17D,18D,19D,20D,21D,22D,23D,24D,25D,26D,27D,28D,29D,30D,31D. The zero-order chi connectivity index (χ0) is 60.4. The Balaban J connectivity index is 1.51. The third-order valence-electron chi connectivity index (χ3n) is 8.40. The van der Waals surface area contributed by atoms with Gasteiger partial charge >= 0.3 is 0 Å². The fourth-order valence-corrected chi connectivity index (χ4v) is 6.37. The summed E-state index contributed by atoms with van der Waals surface area (Å²) in [6.45, 7) is 0. The van der Waals surface area contributed by atoms with Crippen LogP contribution in [-0.2, 0) is 0 Å². The van der Waals surface area contributed by atoms with E-state index in [2.05, 4.69) is 0 Å². The topological polar surface area (TPSA) is 14.8 Å². The van der Waals surface area contributed by atoms with E-state index in [-0.39, 0.29) is 0 Å². The lowest BCUT2D eigenvalue weighted by Gasteiger charge is -2.15. The minimum atomic E-state index is -1.16. The second kappa shape index (κ2) is 10.8. The molecular weight excluding hydrogens is 619 g/mol. The summed E-state index contributed by atoms with van der Waals surface area (Å²) in [7, 11) is 0. The first-order valence-electron chi connectivity index (χ1n) is 30.5. The van der Waals surface area contributed by atoms with Crippen molar-refractivity contribution in [2.45, 2.75) is 0 Å². The molecule has 0 unspecified atom stereocenters. The van der Waals surface area contributed by atoms with Gasteiger partial charge in [0, 0.05) is 43.7 Å². The van der Waals surface area contributed by atoms with Crippen molar-refractivity contribution in [2.75, 3.05) is 0 Å². The normalized spacial score (nSPS) is 20.4. The van der Waals surface area contributed by atoms with Crippen LogP contribution in [0.25, 0.3) is 93.6 Å². The molecule has 0 spiro atoms. The molecule has 3 nitrogen and oxygen atoms in total. The minimum Gasteiger partial charge on any atom is -0.309 e. The van der Waals surface area contributed by atoms with Gasteiger partial charge in [0.1, 0.15) is 0 Å². The molecule has 0 amide bonds. The van der Waals surface area contributed by atoms with Gasteiger partial charge in [-0.2, -0.15) is 0 Å². The van der Waals surface area contributed by atoms with Gasteiger partial charge in [-0.15, -0.1) is 0 Å². The van der Waals surface area contributed by atoms with Crippen molar-refractivity contribution in [3.63, 3.8) is 0 Å². The van der Waals surface area contributed by atoms with Crippen LogP contribution in [0, 0.1) is 0 Å². The van der Waals surface area contributed by atoms with Gasteiger partial charge in [-0.25, -0.2) is 0 Å². The fourth-order valence-electron chi connectivity index (χ4n) is 6.37. The van der Waals surface area contributed by atoms with E-state index >= 15 is 0 Å². The van der Waals surface area contributed by atoms with E-state index < -0.39 is 281 Å². The second-order valence-electron chi connectivity index (χ2n) is 11.0. The summed E-state index contributed by atoms with van der Waals surface area (Å²) in [4.78, 5) is 0. The van der Waals surface area contributed by atoms with Crippen molar-refractivity contribution in [1.82, 2.24) is 13.7 Å². The zero-order valence-corrected chi connectivity index (χ0v) is 25.3. The molecule has 0 atom stereocenters. The molecule has 0 N–H and O–H groups in total. The zero-order valence-electron chi connectivity index (χ0n) is 56.3. The smallest absolute Gasteiger partial charge is 0.0782 e. The molecule has 0 fully saturated rings. The Morgan fingerprint density at radius 1 is 0.294 bits per heavy atom. The van der Waals surface area contributed by atoms with Crippen molar-refractivity contribution >= 4 is 65.4 Å². The highest BCUT2D eigenvalue weighted by Crippen LogP contribution is 2.41. The van der Waals surface area contributed by atoms with Crippen LogP contribution in [0.1, 0.15) is 42.5 Å². The molecule has 0 aliphatic carbocycles. The maximum absolute atomic E-state index is 10.3. The molecule has 8 aromatic carbocycles. The van der Waals surface area contributed by atoms with Gasteiger partial charge in [0.05, 0.1) is 81.3 Å². The minimum absolute atomic E-state index is 0.534. The Bertz CT molecular complexity index is 4750. The van der Waals surface area contributed by atoms with Crippen molar-refractivity contribution in [3.8, 4) is 28.2 Å². The first kappa shape index (κ1) is 11.3. The van der Waals surface area contributed by atoms with Gasteiger partial charge in [0.2, 0.25) is 0 Å². The van der Waals surface area contributed by atoms with Crippen molar-refractivity contribution in [2.24, 2.45) is 0 Å². The van der Waals surface area contributed by atoms with Crippen molar-refractivity contribution in [1.29, 1.82) is 0 Å². The average Bonchev–Trinajstić information content (AvgIpc) is 3.02. The Morgan fingerprint density at radius 2 is 0.765 bits per heavy atom. The molecule has 0 aliphatic rings. The monoisotopic (exact) mass is 680 g/mol. The number of nitrogens with zero attached hydrogens (tertiary/aromatic N) is 3. The van der Waals surface area contributed by atoms with Gasteiger partial charge in [-0.3, -0.25) is 0 Å². The SMILES string of the molecule is [2H]c1c([2H])c([2H])c(-c2c([2H])c([2H])c([2H])c(-n3c4c([2H])c([2H])c(-n5c6c([2H])c([2H])c([2H])c([2H])c6c6c([2H])c([2H])c([2H])c([2H])c65)c([2H])c4c4c([2H])c([2H])c([2H])c(-n5c6c([2H])c([2H])c([2H])c([2H])c6c6c([2H])c([2H])c([2H])c([2H])c65)c43)c2[2H])c([2H])c1[2H]. The lowest BCUT2D eigenvalue weighted by atomic mass is 10.1. The van der Waals surface area contributed by atoms with E-state index in [0.29, 0.717) is 4.57 Å². The number of hydrogen-bond donors (Lipinski definition) is 0. The quantitative estimate of drug-likeness (QED) is 0.176. The van der Waals surface area contributed by atoms with Crippen LogP contribution in [0.3, 0.4) is 0 Å². The van der Waals surface area contributed by atoms with Gasteiger partial charge in [-0.05, 0) is 71.6 Å². The molecule has 51 heavy (non-hydrogen) atoms. The van der Waals surface area contributed by atoms with Crippen LogP contribution < -0.4 is 0 Å². The lowest BCUT2D eigenvalue weighted by molar-refractivity contribution is 1.13. The molecule has 0 saturated carbocycles. The molecular formula is C48H31N3. The van der Waals surface area contributed by atoms with Gasteiger partial charge < -0.3 is 13.7 Å². The molecule has 0 aliphatic heterocycles. The van der Waals surface area contributed by atoms with E-state index in [0.717, 1.165) is 9.13 Å². The maximum atomic E-state index is 10.3. The molecule has 3 aromatic heterocycles. The van der Waals surface area contributed by atoms with Crippen LogP contribution in [0.15, 0.2) is 187 Å². The summed E-state index contributed by atoms with van der Waals surface area (Å²) >= 11 is 0. The second-order valence-corrected chi connectivity index (χ2v) is 11.0. The molecule has 3 heterocycles. The predicted octanol–water partition coefficient (Wildman–Crippen LogP) is 12.6. The highest BCUT2D eigenvalue weighted by Gasteiger charge is 2.21. The summed E-state index contributed by atoms with van der Waals surface area (Å²) in [5.74, 6) is 0. The van der Waals surface area contributed by atoms with Gasteiger partial charge in [0.25, 0.3) is 0 Å². The molecule has 3 heteroatoms. The van der Waals surface area contributed by atoms with Crippen LogP contribution in [0.2, 0.25) is 0 Å². The summed E-state index contributed by atoms with van der Waals surface area (Å²) in [6.07, 6.45) is 0. The molecule has 0 radical (unpaired) electrons.